The summed E-state index contributed by atoms with van der Waals surface area (Å²) in [7, 11) is 0. The number of ketones is 1. The van der Waals surface area contributed by atoms with Crippen molar-refractivity contribution < 1.29 is 41.4 Å². The molecule has 2 heterocycles. The number of carbonyl (C=O) groups is 3. The van der Waals surface area contributed by atoms with Gasteiger partial charge in [-0.1, -0.05) is 18.2 Å². The molecule has 0 spiro atoms. The number of Topliss-reactive ketones (excluding diaryl/α,β-unsaturated/α-hetero) is 1. The summed E-state index contributed by atoms with van der Waals surface area (Å²) in [5.74, 6) is -6.40. The van der Waals surface area contributed by atoms with Gasteiger partial charge in [0.15, 0.2) is 5.78 Å². The Morgan fingerprint density at radius 2 is 1.73 bits per heavy atom. The number of allylic oxidation sites excluding steroid dienone is 2. The lowest BCUT2D eigenvalue weighted by Gasteiger charge is -2.43. The summed E-state index contributed by atoms with van der Waals surface area (Å²) in [6, 6.07) is 13.0. The largest absolute Gasteiger partial charge is 0.465 e. The van der Waals surface area contributed by atoms with Crippen LogP contribution in [0.5, 0.6) is 0 Å². The quantitative estimate of drug-likeness (QED) is 0.183. The fraction of sp³-hybridized carbons (Fsp3) is 0.281. The van der Waals surface area contributed by atoms with Crippen LogP contribution in [0.3, 0.4) is 0 Å². The van der Waals surface area contributed by atoms with E-state index < -0.39 is 53.0 Å². The number of nitrogens with two attached hydrogens (primary N) is 1. The van der Waals surface area contributed by atoms with Crippen LogP contribution >= 0.6 is 11.3 Å². The number of thiophene rings is 1. The molecule has 0 amide bonds. The molecule has 5 rings (SSSR count). The van der Waals surface area contributed by atoms with Crippen molar-refractivity contribution in [2.75, 3.05) is 18.1 Å². The Morgan fingerprint density at radius 1 is 1.02 bits per heavy atom. The van der Waals surface area contributed by atoms with E-state index in [0.29, 0.717) is 4.88 Å². The lowest BCUT2D eigenvalue weighted by atomic mass is 9.68. The fourth-order valence-corrected chi connectivity index (χ4v) is 6.69. The zero-order chi connectivity index (χ0) is 31.8. The number of halogens is 4. The number of esters is 2. The van der Waals surface area contributed by atoms with Crippen LogP contribution in [0.15, 0.2) is 88.7 Å². The standard InChI is InChI=1S/C32H28F4N2O5S/c1-3-42-30(40)25-21(23-9-6-14-44-23)16-22-26(28(25)39)24(17-7-5-8-19(33)15-17)27(31(41)43-4-2)29(37)38(22)20-12-10-18(11-13-20)32(34,35)36/h5-15,21,24-25H,3-4,16,37H2,1-2H3/t21-,24-,25+/m0/s1. The van der Waals surface area contributed by atoms with E-state index in [1.807, 2.05) is 0 Å². The van der Waals surface area contributed by atoms with Gasteiger partial charge in [-0.25, -0.2) is 9.18 Å². The van der Waals surface area contributed by atoms with Gasteiger partial charge in [0.2, 0.25) is 0 Å². The van der Waals surface area contributed by atoms with E-state index in [-0.39, 0.29) is 53.5 Å². The highest BCUT2D eigenvalue weighted by Crippen LogP contribution is 2.52. The van der Waals surface area contributed by atoms with Crippen LogP contribution in [-0.2, 0) is 30.0 Å². The molecule has 1 aliphatic carbocycles. The molecule has 44 heavy (non-hydrogen) atoms. The third-order valence-corrected chi connectivity index (χ3v) is 8.62. The number of hydrogen-bond acceptors (Lipinski definition) is 8. The third kappa shape index (κ3) is 5.61. The van der Waals surface area contributed by atoms with Crippen LogP contribution in [-0.4, -0.2) is 30.9 Å². The molecule has 0 saturated heterocycles. The highest BCUT2D eigenvalue weighted by molar-refractivity contribution is 7.10. The molecule has 0 fully saturated rings. The predicted molar refractivity (Wildman–Crippen MR) is 155 cm³/mol. The van der Waals surface area contributed by atoms with Crippen molar-refractivity contribution >= 4 is 34.7 Å². The first-order valence-electron chi connectivity index (χ1n) is 13.8. The monoisotopic (exact) mass is 628 g/mol. The smallest absolute Gasteiger partial charge is 0.416 e. The summed E-state index contributed by atoms with van der Waals surface area (Å²) in [5, 5.41) is 1.79. The summed E-state index contributed by atoms with van der Waals surface area (Å²) in [6.07, 6.45) is -4.57. The lowest BCUT2D eigenvalue weighted by molar-refractivity contribution is -0.152. The van der Waals surface area contributed by atoms with Crippen LogP contribution < -0.4 is 10.6 Å². The molecule has 2 aromatic carbocycles. The van der Waals surface area contributed by atoms with Crippen LogP contribution in [0.1, 0.15) is 48.1 Å². The van der Waals surface area contributed by atoms with E-state index in [4.69, 9.17) is 15.2 Å². The zero-order valence-corrected chi connectivity index (χ0v) is 24.5. The summed E-state index contributed by atoms with van der Waals surface area (Å²) in [5.41, 5.74) is 6.19. The van der Waals surface area contributed by atoms with E-state index >= 15 is 0 Å². The summed E-state index contributed by atoms with van der Waals surface area (Å²) in [6.45, 7) is 3.14. The van der Waals surface area contributed by atoms with Gasteiger partial charge < -0.3 is 15.2 Å². The molecule has 1 aromatic heterocycles. The van der Waals surface area contributed by atoms with E-state index in [2.05, 4.69) is 0 Å². The molecule has 0 unspecified atom stereocenters. The first kappa shape index (κ1) is 31.0. The number of rotatable bonds is 7. The van der Waals surface area contributed by atoms with Crippen molar-refractivity contribution in [2.45, 2.75) is 38.3 Å². The number of anilines is 1. The fourth-order valence-electron chi connectivity index (χ4n) is 5.82. The zero-order valence-electron chi connectivity index (χ0n) is 23.7. The summed E-state index contributed by atoms with van der Waals surface area (Å²) < 4.78 is 65.6. The van der Waals surface area contributed by atoms with Crippen molar-refractivity contribution in [1.29, 1.82) is 0 Å². The van der Waals surface area contributed by atoms with Gasteiger partial charge in [0.1, 0.15) is 17.6 Å². The van der Waals surface area contributed by atoms with Crippen LogP contribution in [0, 0.1) is 11.7 Å². The van der Waals surface area contributed by atoms with Gasteiger partial charge in [0, 0.05) is 27.8 Å². The minimum absolute atomic E-state index is 0.0115. The molecule has 0 bridgehead atoms. The lowest BCUT2D eigenvalue weighted by Crippen LogP contribution is -2.46. The van der Waals surface area contributed by atoms with Gasteiger partial charge in [0.05, 0.1) is 30.3 Å². The molecule has 2 aliphatic rings. The van der Waals surface area contributed by atoms with Crippen molar-refractivity contribution in [3.63, 3.8) is 0 Å². The molecular weight excluding hydrogens is 600 g/mol. The second kappa shape index (κ2) is 12.3. The predicted octanol–water partition coefficient (Wildman–Crippen LogP) is 6.43. The maximum absolute atomic E-state index is 14.6. The Bertz CT molecular complexity index is 1650. The third-order valence-electron chi connectivity index (χ3n) is 7.62. The average Bonchev–Trinajstić information content (AvgIpc) is 3.51. The van der Waals surface area contributed by atoms with E-state index in [1.165, 1.54) is 46.6 Å². The highest BCUT2D eigenvalue weighted by Gasteiger charge is 2.51. The number of ether oxygens (including phenoxy) is 2. The van der Waals surface area contributed by atoms with Crippen molar-refractivity contribution in [3.05, 3.63) is 111 Å². The van der Waals surface area contributed by atoms with Gasteiger partial charge in [-0.3, -0.25) is 14.5 Å². The van der Waals surface area contributed by atoms with Crippen molar-refractivity contribution in [1.82, 2.24) is 0 Å². The first-order chi connectivity index (χ1) is 21.0. The maximum atomic E-state index is 14.6. The molecule has 3 atom stereocenters. The normalized spacial score (nSPS) is 20.5. The minimum atomic E-state index is -4.61. The highest BCUT2D eigenvalue weighted by atomic mass is 32.1. The summed E-state index contributed by atoms with van der Waals surface area (Å²) in [4.78, 5) is 43.6. The average molecular weight is 629 g/mol. The molecular formula is C32H28F4N2O5S. The second-order valence-corrected chi connectivity index (χ2v) is 11.1. The van der Waals surface area contributed by atoms with Crippen molar-refractivity contribution in [3.8, 4) is 0 Å². The van der Waals surface area contributed by atoms with E-state index in [0.717, 1.165) is 18.2 Å². The minimum Gasteiger partial charge on any atom is -0.465 e. The molecule has 7 nitrogen and oxygen atoms in total. The van der Waals surface area contributed by atoms with E-state index in [1.54, 1.807) is 31.4 Å². The van der Waals surface area contributed by atoms with Gasteiger partial charge in [0.25, 0.3) is 0 Å². The Balaban J connectivity index is 1.81. The van der Waals surface area contributed by atoms with Gasteiger partial charge >= 0.3 is 18.1 Å². The molecule has 230 valence electrons. The topological polar surface area (TPSA) is 98.9 Å². The van der Waals surface area contributed by atoms with Crippen LogP contribution in [0.2, 0.25) is 0 Å². The van der Waals surface area contributed by atoms with Gasteiger partial charge in [-0.05, 0) is 73.7 Å². The Labute approximate surface area is 254 Å². The number of alkyl halides is 3. The molecule has 0 radical (unpaired) electrons. The van der Waals surface area contributed by atoms with Crippen LogP contribution in [0.25, 0.3) is 0 Å². The van der Waals surface area contributed by atoms with Crippen LogP contribution in [0.4, 0.5) is 23.2 Å². The van der Waals surface area contributed by atoms with Gasteiger partial charge in [-0.15, -0.1) is 11.3 Å². The number of nitrogens with zero attached hydrogens (tertiary/aromatic N) is 1. The molecule has 0 saturated carbocycles. The Morgan fingerprint density at radius 3 is 2.32 bits per heavy atom. The molecule has 3 aromatic rings. The maximum Gasteiger partial charge on any atom is 0.416 e. The molecule has 2 N–H and O–H groups in total. The molecule has 12 heteroatoms. The summed E-state index contributed by atoms with van der Waals surface area (Å²) >= 11 is 1.33. The van der Waals surface area contributed by atoms with Crippen molar-refractivity contribution in [2.24, 2.45) is 11.7 Å². The second-order valence-electron chi connectivity index (χ2n) is 10.2. The Hall–Kier alpha value is -4.45. The van der Waals surface area contributed by atoms with E-state index in [9.17, 15) is 31.9 Å². The number of hydrogen-bond donors (Lipinski definition) is 1. The number of benzene rings is 2. The van der Waals surface area contributed by atoms with Gasteiger partial charge in [-0.2, -0.15) is 13.2 Å². The Kier molecular flexibility index (Phi) is 8.64. The first-order valence-corrected chi connectivity index (χ1v) is 14.7. The SMILES string of the molecule is CCOC(=O)C1=C(N)N(c2ccc(C(F)(F)F)cc2)C2=C(C(=O)[C@H](C(=O)OCC)[C@H](c3cccs3)C2)[C@@H]1c1cccc(F)c1. The molecule has 1 aliphatic heterocycles. The number of carbonyl (C=O) groups excluding carboxylic acids is 3.